The highest BCUT2D eigenvalue weighted by atomic mass is 32.2. The second-order valence-corrected chi connectivity index (χ2v) is 5.86. The molecule has 0 heterocycles. The van der Waals surface area contributed by atoms with Crippen molar-refractivity contribution in [2.45, 2.75) is 17.6 Å². The Morgan fingerprint density at radius 3 is 2.30 bits per heavy atom. The molecule has 0 radical (unpaired) electrons. The van der Waals surface area contributed by atoms with E-state index < -0.39 is 20.5 Å². The molecule has 1 rings (SSSR count). The third-order valence-electron chi connectivity index (χ3n) is 2.52. The van der Waals surface area contributed by atoms with Gasteiger partial charge in [0.25, 0.3) is 5.91 Å². The van der Waals surface area contributed by atoms with Crippen molar-refractivity contribution in [2.24, 2.45) is 0 Å². The minimum atomic E-state index is -4.62. The fraction of sp³-hybridized carbons (Fsp3) is 0.417. The number of hydrogen-bond acceptors (Lipinski definition) is 4. The number of sulfone groups is 1. The van der Waals surface area contributed by atoms with Crippen LogP contribution >= 0.6 is 0 Å². The van der Waals surface area contributed by atoms with Crippen molar-refractivity contribution in [3.05, 3.63) is 29.8 Å². The first-order valence-corrected chi connectivity index (χ1v) is 7.55. The number of hydrogen-bond donors (Lipinski definition) is 2. The molecule has 1 aromatic carbocycles. The van der Waals surface area contributed by atoms with E-state index in [9.17, 15) is 22.0 Å². The maximum absolute atomic E-state index is 12.3. The fourth-order valence-corrected chi connectivity index (χ4v) is 2.16. The van der Waals surface area contributed by atoms with Gasteiger partial charge in [0, 0.05) is 18.7 Å². The summed E-state index contributed by atoms with van der Waals surface area (Å²) in [6.07, 6.45) is 0. The van der Waals surface area contributed by atoms with Gasteiger partial charge in [0.05, 0.1) is 4.90 Å². The number of halogens is 2. The molecule has 0 aliphatic carbocycles. The first kappa shape index (κ1) is 16.5. The number of amides is 1. The monoisotopic (exact) mass is 306 g/mol. The molecular weight excluding hydrogens is 290 g/mol. The van der Waals surface area contributed by atoms with Crippen LogP contribution in [0.25, 0.3) is 0 Å². The zero-order valence-electron chi connectivity index (χ0n) is 10.9. The van der Waals surface area contributed by atoms with E-state index in [1.165, 1.54) is 12.1 Å². The number of alkyl halides is 2. The Morgan fingerprint density at radius 1 is 1.20 bits per heavy atom. The SMILES string of the molecule is CCNCCNC(=O)c1ccc(S(=O)(=O)C(F)F)cc1. The molecule has 0 fully saturated rings. The Labute approximate surface area is 116 Å². The summed E-state index contributed by atoms with van der Waals surface area (Å²) in [6, 6.07) is 4.41. The maximum atomic E-state index is 12.3. The van der Waals surface area contributed by atoms with Crippen LogP contribution in [-0.4, -0.2) is 39.7 Å². The van der Waals surface area contributed by atoms with E-state index in [-0.39, 0.29) is 11.5 Å². The lowest BCUT2D eigenvalue weighted by Crippen LogP contribution is -2.31. The molecule has 2 N–H and O–H groups in total. The predicted molar refractivity (Wildman–Crippen MR) is 70.5 cm³/mol. The molecule has 0 aliphatic heterocycles. The molecule has 0 bridgehead atoms. The Balaban J connectivity index is 2.69. The van der Waals surface area contributed by atoms with Crippen molar-refractivity contribution in [3.63, 3.8) is 0 Å². The lowest BCUT2D eigenvalue weighted by Gasteiger charge is -2.07. The van der Waals surface area contributed by atoms with Gasteiger partial charge in [0.2, 0.25) is 9.84 Å². The lowest BCUT2D eigenvalue weighted by atomic mass is 10.2. The topological polar surface area (TPSA) is 75.3 Å². The summed E-state index contributed by atoms with van der Waals surface area (Å²) in [5.74, 6) is -3.86. The summed E-state index contributed by atoms with van der Waals surface area (Å²) >= 11 is 0. The second kappa shape index (κ2) is 7.30. The Morgan fingerprint density at radius 2 is 1.80 bits per heavy atom. The molecule has 0 aromatic heterocycles. The van der Waals surface area contributed by atoms with Gasteiger partial charge in [-0.25, -0.2) is 8.42 Å². The molecule has 0 atom stereocenters. The first-order valence-electron chi connectivity index (χ1n) is 6.00. The molecule has 1 aromatic rings. The maximum Gasteiger partial charge on any atom is 0.341 e. The Bertz CT molecular complexity index is 544. The normalized spacial score (nSPS) is 11.6. The van der Waals surface area contributed by atoms with E-state index in [0.717, 1.165) is 18.7 Å². The van der Waals surface area contributed by atoms with Crippen LogP contribution in [0.4, 0.5) is 8.78 Å². The molecule has 112 valence electrons. The van der Waals surface area contributed by atoms with E-state index in [4.69, 9.17) is 0 Å². The molecule has 0 aliphatic rings. The van der Waals surface area contributed by atoms with Gasteiger partial charge in [-0.05, 0) is 30.8 Å². The van der Waals surface area contributed by atoms with Crippen LogP contribution in [-0.2, 0) is 9.84 Å². The molecule has 0 spiro atoms. The Kier molecular flexibility index (Phi) is 6.03. The molecule has 20 heavy (non-hydrogen) atoms. The van der Waals surface area contributed by atoms with E-state index in [1.54, 1.807) is 0 Å². The quantitative estimate of drug-likeness (QED) is 0.738. The molecular formula is C12H16F2N2O3S. The summed E-state index contributed by atoms with van der Waals surface area (Å²) in [5.41, 5.74) is 0.217. The average Bonchev–Trinajstić information content (AvgIpc) is 2.43. The van der Waals surface area contributed by atoms with E-state index in [2.05, 4.69) is 10.6 Å². The first-order chi connectivity index (χ1) is 9.39. The number of likely N-dealkylation sites (N-methyl/N-ethyl adjacent to an activating group) is 1. The molecule has 0 unspecified atom stereocenters. The van der Waals surface area contributed by atoms with E-state index in [1.807, 2.05) is 6.92 Å². The summed E-state index contributed by atoms with van der Waals surface area (Å²) in [5, 5.41) is 5.63. The summed E-state index contributed by atoms with van der Waals surface area (Å²) in [4.78, 5) is 11.2. The minimum Gasteiger partial charge on any atom is -0.351 e. The van der Waals surface area contributed by atoms with Crippen LogP contribution in [0.2, 0.25) is 0 Å². The van der Waals surface area contributed by atoms with Gasteiger partial charge in [0.15, 0.2) is 0 Å². The van der Waals surface area contributed by atoms with Gasteiger partial charge in [0.1, 0.15) is 0 Å². The van der Waals surface area contributed by atoms with Crippen LogP contribution in [0.15, 0.2) is 29.2 Å². The highest BCUT2D eigenvalue weighted by Crippen LogP contribution is 2.18. The highest BCUT2D eigenvalue weighted by Gasteiger charge is 2.26. The van der Waals surface area contributed by atoms with Crippen LogP contribution in [0.5, 0.6) is 0 Å². The fourth-order valence-electron chi connectivity index (χ4n) is 1.44. The zero-order valence-corrected chi connectivity index (χ0v) is 11.7. The number of nitrogens with one attached hydrogen (secondary N) is 2. The van der Waals surface area contributed by atoms with E-state index >= 15 is 0 Å². The average molecular weight is 306 g/mol. The number of carbonyl (C=O) groups is 1. The van der Waals surface area contributed by atoms with Crippen molar-refractivity contribution in [2.75, 3.05) is 19.6 Å². The predicted octanol–water partition coefficient (Wildman–Crippen LogP) is 1.02. The minimum absolute atomic E-state index is 0.217. The molecule has 8 heteroatoms. The van der Waals surface area contributed by atoms with Gasteiger partial charge in [-0.2, -0.15) is 8.78 Å². The summed E-state index contributed by atoms with van der Waals surface area (Å²) in [6.45, 7) is 3.75. The van der Waals surface area contributed by atoms with Crippen LogP contribution in [0, 0.1) is 0 Å². The third-order valence-corrected chi connectivity index (χ3v) is 3.92. The standard InChI is InChI=1S/C12H16F2N2O3S/c1-2-15-7-8-16-11(17)9-3-5-10(6-4-9)20(18,19)12(13)14/h3-6,12,15H,2,7-8H2,1H3,(H,16,17). The summed E-state index contributed by atoms with van der Waals surface area (Å²) in [7, 11) is -4.62. The van der Waals surface area contributed by atoms with Gasteiger partial charge >= 0.3 is 5.76 Å². The Hall–Kier alpha value is -1.54. The zero-order chi connectivity index (χ0) is 15.2. The second-order valence-electron chi connectivity index (χ2n) is 3.94. The molecule has 0 saturated heterocycles. The van der Waals surface area contributed by atoms with Crippen molar-refractivity contribution in [3.8, 4) is 0 Å². The molecule has 5 nitrogen and oxygen atoms in total. The number of carbonyl (C=O) groups excluding carboxylic acids is 1. The van der Waals surface area contributed by atoms with E-state index in [0.29, 0.717) is 13.1 Å². The third kappa shape index (κ3) is 4.24. The highest BCUT2D eigenvalue weighted by molar-refractivity contribution is 7.91. The molecule has 1 amide bonds. The van der Waals surface area contributed by atoms with Gasteiger partial charge in [-0.1, -0.05) is 6.92 Å². The largest absolute Gasteiger partial charge is 0.351 e. The van der Waals surface area contributed by atoms with Gasteiger partial charge in [-0.15, -0.1) is 0 Å². The molecule has 0 saturated carbocycles. The van der Waals surface area contributed by atoms with Crippen molar-refractivity contribution < 1.29 is 22.0 Å². The lowest BCUT2D eigenvalue weighted by molar-refractivity contribution is 0.0954. The van der Waals surface area contributed by atoms with Crippen LogP contribution in [0.3, 0.4) is 0 Å². The van der Waals surface area contributed by atoms with Crippen molar-refractivity contribution >= 4 is 15.7 Å². The number of benzene rings is 1. The summed E-state index contributed by atoms with van der Waals surface area (Å²) < 4.78 is 47.0. The van der Waals surface area contributed by atoms with Crippen LogP contribution < -0.4 is 10.6 Å². The smallest absolute Gasteiger partial charge is 0.341 e. The van der Waals surface area contributed by atoms with Gasteiger partial charge < -0.3 is 10.6 Å². The van der Waals surface area contributed by atoms with Crippen molar-refractivity contribution in [1.29, 1.82) is 0 Å². The number of rotatable bonds is 7. The van der Waals surface area contributed by atoms with Crippen LogP contribution in [0.1, 0.15) is 17.3 Å². The van der Waals surface area contributed by atoms with Gasteiger partial charge in [-0.3, -0.25) is 4.79 Å². The van der Waals surface area contributed by atoms with Crippen molar-refractivity contribution in [1.82, 2.24) is 10.6 Å².